The molecule has 2 aliphatic carbocycles. The van der Waals surface area contributed by atoms with E-state index in [-0.39, 0.29) is 18.4 Å². The van der Waals surface area contributed by atoms with Crippen LogP contribution >= 0.6 is 0 Å². The number of amides is 4. The van der Waals surface area contributed by atoms with Gasteiger partial charge in [0.05, 0.1) is 48.9 Å². The van der Waals surface area contributed by atoms with Crippen molar-refractivity contribution in [3.63, 3.8) is 0 Å². The molecule has 0 radical (unpaired) electrons. The van der Waals surface area contributed by atoms with Gasteiger partial charge in [0.2, 0.25) is 11.8 Å². The molecule has 2 aromatic heterocycles. The predicted molar refractivity (Wildman–Crippen MR) is 189 cm³/mol. The minimum absolute atomic E-state index is 0.208. The number of nitrogens with one attached hydrogen (secondary N) is 4. The van der Waals surface area contributed by atoms with Crippen LogP contribution in [0, 0.1) is 0 Å². The normalized spacial score (nSPS) is 15.9. The van der Waals surface area contributed by atoms with Crippen LogP contribution in [0.15, 0.2) is 60.7 Å². The van der Waals surface area contributed by atoms with Gasteiger partial charge in [-0.05, 0) is 79.1 Å². The molecule has 0 saturated heterocycles. The van der Waals surface area contributed by atoms with E-state index in [0.717, 1.165) is 44.3 Å². The Morgan fingerprint density at radius 1 is 0.725 bits per heavy atom. The van der Waals surface area contributed by atoms with Crippen LogP contribution in [-0.2, 0) is 25.6 Å². The van der Waals surface area contributed by atoms with Crippen molar-refractivity contribution < 1.29 is 28.7 Å². The van der Waals surface area contributed by atoms with Crippen molar-refractivity contribution in [2.45, 2.75) is 56.3 Å². The molecule has 4 N–H and O–H groups in total. The van der Waals surface area contributed by atoms with E-state index < -0.39 is 29.3 Å². The fourth-order valence-corrected chi connectivity index (χ4v) is 6.61. The van der Waals surface area contributed by atoms with Gasteiger partial charge < -0.3 is 30.1 Å². The number of imidazole rings is 2. The lowest BCUT2D eigenvalue weighted by atomic mass is 10.00. The number of aromatic amines is 2. The lowest BCUT2D eigenvalue weighted by molar-refractivity contribution is -0.128. The number of fused-ring (bicyclic) bond motifs is 2. The second kappa shape index (κ2) is 12.8. The third-order valence-corrected chi connectivity index (χ3v) is 10.2. The van der Waals surface area contributed by atoms with Gasteiger partial charge in [-0.15, -0.1) is 0 Å². The zero-order chi connectivity index (χ0) is 36.1. The molecule has 14 heteroatoms. The van der Waals surface area contributed by atoms with Gasteiger partial charge in [-0.3, -0.25) is 19.4 Å². The van der Waals surface area contributed by atoms with E-state index in [4.69, 9.17) is 14.5 Å². The first kappa shape index (κ1) is 33.6. The number of carbonyl (C=O) groups is 4. The number of likely N-dealkylation sites (N-methyl/N-ethyl adjacent to an activating group) is 2. The van der Waals surface area contributed by atoms with E-state index in [2.05, 4.69) is 49.9 Å². The van der Waals surface area contributed by atoms with Crippen molar-refractivity contribution in [1.29, 1.82) is 0 Å². The van der Waals surface area contributed by atoms with E-state index in [1.165, 1.54) is 24.0 Å². The highest BCUT2D eigenvalue weighted by Crippen LogP contribution is 2.42. The minimum atomic E-state index is -0.884. The summed E-state index contributed by atoms with van der Waals surface area (Å²) in [7, 11) is 5.76. The molecule has 264 valence electrons. The summed E-state index contributed by atoms with van der Waals surface area (Å²) < 4.78 is 9.60. The Morgan fingerprint density at radius 2 is 1.20 bits per heavy atom. The number of methoxy groups -OCH3 is 2. The molecule has 2 heterocycles. The Morgan fingerprint density at radius 3 is 1.71 bits per heavy atom. The summed E-state index contributed by atoms with van der Waals surface area (Å²) in [4.78, 5) is 68.8. The smallest absolute Gasteiger partial charge is 0.410 e. The molecule has 0 bridgehead atoms. The molecule has 5 aromatic rings. The van der Waals surface area contributed by atoms with Crippen LogP contribution < -0.4 is 10.6 Å². The molecule has 0 spiro atoms. The van der Waals surface area contributed by atoms with Crippen LogP contribution in [0.4, 0.5) is 9.59 Å². The van der Waals surface area contributed by atoms with Gasteiger partial charge in [0, 0.05) is 14.1 Å². The van der Waals surface area contributed by atoms with Gasteiger partial charge in [0.25, 0.3) is 0 Å². The van der Waals surface area contributed by atoms with Crippen molar-refractivity contribution in [3.05, 3.63) is 72.3 Å². The molecule has 2 fully saturated rings. The van der Waals surface area contributed by atoms with Gasteiger partial charge in [-0.1, -0.05) is 36.4 Å². The number of nitrogens with zero attached hydrogens (tertiary/aromatic N) is 4. The van der Waals surface area contributed by atoms with E-state index in [9.17, 15) is 19.2 Å². The molecule has 3 aromatic carbocycles. The Balaban J connectivity index is 1.01. The number of hydrogen-bond acceptors (Lipinski definition) is 8. The van der Waals surface area contributed by atoms with Crippen LogP contribution in [0.1, 0.15) is 50.3 Å². The first-order valence-electron chi connectivity index (χ1n) is 16.8. The van der Waals surface area contributed by atoms with E-state index >= 15 is 0 Å². The monoisotopic (exact) mass is 692 g/mol. The molecule has 51 heavy (non-hydrogen) atoms. The Labute approximate surface area is 293 Å². The van der Waals surface area contributed by atoms with Crippen molar-refractivity contribution >= 4 is 46.1 Å². The SMILES string of the molecule is COC(=O)N(C)C1(C(=O)NCc2nc3ccc(-c4ccc(-c5ccc6nc([C@H](C)NC(=O)C7(N(C)C(=O)OC)CC7)[nH]c6c5)cc4)cc3[nH]2)CC1. The molecule has 0 aliphatic heterocycles. The molecular formula is C37H40N8O6. The van der Waals surface area contributed by atoms with Crippen LogP contribution in [0.2, 0.25) is 0 Å². The first-order chi connectivity index (χ1) is 24.5. The number of H-pyrrole nitrogens is 2. The largest absolute Gasteiger partial charge is 0.453 e. The van der Waals surface area contributed by atoms with Gasteiger partial charge in [-0.2, -0.15) is 0 Å². The maximum Gasteiger partial charge on any atom is 0.410 e. The van der Waals surface area contributed by atoms with E-state index in [1.807, 2.05) is 43.3 Å². The lowest BCUT2D eigenvalue weighted by Crippen LogP contribution is -2.50. The average Bonchev–Trinajstić information content (AvgIpc) is 4.06. The molecule has 7 rings (SSSR count). The van der Waals surface area contributed by atoms with Crippen LogP contribution in [0.25, 0.3) is 44.3 Å². The summed E-state index contributed by atoms with van der Waals surface area (Å²) in [5.41, 5.74) is 5.61. The second-order valence-electron chi connectivity index (χ2n) is 13.3. The summed E-state index contributed by atoms with van der Waals surface area (Å²) in [5.74, 6) is 0.790. The van der Waals surface area contributed by atoms with Gasteiger partial charge in [0.1, 0.15) is 22.7 Å². The summed E-state index contributed by atoms with van der Waals surface area (Å²) in [6, 6.07) is 19.9. The molecule has 0 unspecified atom stereocenters. The molecule has 1 atom stereocenters. The Bertz CT molecular complexity index is 2160. The van der Waals surface area contributed by atoms with Crippen molar-refractivity contribution in [2.24, 2.45) is 0 Å². The van der Waals surface area contributed by atoms with Crippen LogP contribution in [0.3, 0.4) is 0 Å². The molecule has 4 amide bonds. The predicted octanol–water partition coefficient (Wildman–Crippen LogP) is 5.03. The Hall–Kier alpha value is -5.92. The average molecular weight is 693 g/mol. The standard InChI is InChI=1S/C37H40N8O6/c1-21(39-33(47)37(16-17-37)45(3)35(49)51-5)31-42-27-13-11-25(19-29(27)43-31)23-8-6-22(7-9-23)24-10-12-26-28(18-24)41-30(40-26)20-38-32(46)36(14-15-36)44(2)34(48)50-4/h6-13,18-19,21H,14-17,20H2,1-5H3,(H,38,46)(H,39,47)(H,40,41)(H,42,43)/t21-/m0/s1. The maximum absolute atomic E-state index is 13.1. The molecule has 2 saturated carbocycles. The van der Waals surface area contributed by atoms with Crippen LogP contribution in [0.5, 0.6) is 0 Å². The first-order valence-corrected chi connectivity index (χ1v) is 16.8. The summed E-state index contributed by atoms with van der Waals surface area (Å²) >= 11 is 0. The number of rotatable bonds is 10. The molecular weight excluding hydrogens is 652 g/mol. The maximum atomic E-state index is 13.1. The number of carbonyl (C=O) groups excluding carboxylic acids is 4. The fourth-order valence-electron chi connectivity index (χ4n) is 6.61. The Kier molecular flexibility index (Phi) is 8.40. The quantitative estimate of drug-likeness (QED) is 0.158. The third-order valence-electron chi connectivity index (χ3n) is 10.2. The molecule has 14 nitrogen and oxygen atoms in total. The van der Waals surface area contributed by atoms with Crippen molar-refractivity contribution in [1.82, 2.24) is 40.4 Å². The zero-order valence-electron chi connectivity index (χ0n) is 29.1. The second-order valence-corrected chi connectivity index (χ2v) is 13.3. The third kappa shape index (κ3) is 6.10. The zero-order valence-corrected chi connectivity index (χ0v) is 29.1. The number of aromatic nitrogens is 4. The number of ether oxygens (including phenoxy) is 2. The van der Waals surface area contributed by atoms with Gasteiger partial charge in [0.15, 0.2) is 0 Å². The molecule has 2 aliphatic rings. The number of hydrogen-bond donors (Lipinski definition) is 4. The highest BCUT2D eigenvalue weighted by atomic mass is 16.5. The van der Waals surface area contributed by atoms with Crippen molar-refractivity contribution in [3.8, 4) is 22.3 Å². The summed E-state index contributed by atoms with van der Waals surface area (Å²) in [6.45, 7) is 2.07. The lowest BCUT2D eigenvalue weighted by Gasteiger charge is -2.27. The highest BCUT2D eigenvalue weighted by molar-refractivity contribution is 5.94. The van der Waals surface area contributed by atoms with E-state index in [1.54, 1.807) is 14.1 Å². The topological polar surface area (TPSA) is 175 Å². The summed E-state index contributed by atoms with van der Waals surface area (Å²) in [5, 5.41) is 5.92. The highest BCUT2D eigenvalue weighted by Gasteiger charge is 2.56. The van der Waals surface area contributed by atoms with Gasteiger partial charge >= 0.3 is 12.2 Å². The van der Waals surface area contributed by atoms with Crippen molar-refractivity contribution in [2.75, 3.05) is 28.3 Å². The van der Waals surface area contributed by atoms with E-state index in [0.29, 0.717) is 37.3 Å². The summed E-state index contributed by atoms with van der Waals surface area (Å²) in [6.07, 6.45) is 1.27. The number of benzene rings is 3. The minimum Gasteiger partial charge on any atom is -0.453 e. The van der Waals surface area contributed by atoms with Gasteiger partial charge in [-0.25, -0.2) is 19.6 Å². The van der Waals surface area contributed by atoms with Crippen LogP contribution in [-0.4, -0.2) is 93.1 Å². The fraction of sp³-hybridized carbons (Fsp3) is 0.351.